The Labute approximate surface area is 144 Å². The van der Waals surface area contributed by atoms with Crippen LogP contribution < -0.4 is 5.73 Å². The topological polar surface area (TPSA) is 77.0 Å². The van der Waals surface area contributed by atoms with Crippen LogP contribution in [0.5, 0.6) is 0 Å². The molecule has 0 saturated carbocycles. The van der Waals surface area contributed by atoms with Crippen LogP contribution in [0.4, 0.5) is 0 Å². The number of carbonyl (C=O) groups is 1. The van der Waals surface area contributed by atoms with Crippen molar-refractivity contribution in [1.29, 1.82) is 0 Å². The number of likely N-dealkylation sites (tertiary alicyclic amines) is 1. The predicted molar refractivity (Wildman–Crippen MR) is 93.6 cm³/mol. The molecule has 0 aliphatic carbocycles. The zero-order chi connectivity index (χ0) is 17.1. The van der Waals surface area contributed by atoms with Crippen LogP contribution in [-0.2, 0) is 17.8 Å². The molecule has 3 atom stereocenters. The summed E-state index contributed by atoms with van der Waals surface area (Å²) >= 11 is 0. The molecule has 134 valence electrons. The van der Waals surface area contributed by atoms with E-state index in [9.17, 15) is 4.79 Å². The third-order valence-electron chi connectivity index (χ3n) is 5.78. The maximum Gasteiger partial charge on any atom is 0.239 e. The van der Waals surface area contributed by atoms with Gasteiger partial charge in [-0.15, -0.1) is 10.2 Å². The number of hydrogen-bond acceptors (Lipinski definition) is 4. The van der Waals surface area contributed by atoms with Gasteiger partial charge >= 0.3 is 0 Å². The smallest absolute Gasteiger partial charge is 0.239 e. The first kappa shape index (κ1) is 17.4. The first-order valence-electron chi connectivity index (χ1n) is 9.58. The summed E-state index contributed by atoms with van der Waals surface area (Å²) in [5.41, 5.74) is 6.17. The van der Waals surface area contributed by atoms with Crippen molar-refractivity contribution >= 4 is 5.91 Å². The molecule has 24 heavy (non-hydrogen) atoms. The molecule has 1 amide bonds. The molecule has 3 rings (SSSR count). The number of aryl methyl sites for hydroxylation is 1. The summed E-state index contributed by atoms with van der Waals surface area (Å²) < 4.78 is 2.32. The van der Waals surface area contributed by atoms with E-state index in [1.165, 1.54) is 19.3 Å². The highest BCUT2D eigenvalue weighted by atomic mass is 16.2. The highest BCUT2D eigenvalue weighted by molar-refractivity contribution is 5.82. The van der Waals surface area contributed by atoms with E-state index in [4.69, 9.17) is 5.73 Å². The fourth-order valence-corrected chi connectivity index (χ4v) is 3.91. The lowest BCUT2D eigenvalue weighted by molar-refractivity contribution is -0.135. The van der Waals surface area contributed by atoms with E-state index in [0.717, 1.165) is 57.0 Å². The van der Waals surface area contributed by atoms with Gasteiger partial charge in [-0.25, -0.2) is 0 Å². The van der Waals surface area contributed by atoms with Gasteiger partial charge in [-0.2, -0.15) is 0 Å². The number of piperidine rings is 1. The van der Waals surface area contributed by atoms with Crippen LogP contribution in [-0.4, -0.2) is 44.7 Å². The van der Waals surface area contributed by atoms with E-state index < -0.39 is 0 Å². The number of carbonyl (C=O) groups excluding carboxylic acids is 1. The molecule has 1 aromatic heterocycles. The van der Waals surface area contributed by atoms with Gasteiger partial charge in [0.2, 0.25) is 5.91 Å². The second-order valence-corrected chi connectivity index (χ2v) is 7.47. The molecule has 0 spiro atoms. The lowest BCUT2D eigenvalue weighted by Crippen LogP contribution is -2.50. The number of aromatic nitrogens is 3. The highest BCUT2D eigenvalue weighted by Gasteiger charge is 2.32. The largest absolute Gasteiger partial charge is 0.341 e. The zero-order valence-electron chi connectivity index (χ0n) is 15.1. The van der Waals surface area contributed by atoms with Crippen molar-refractivity contribution in [3.05, 3.63) is 11.6 Å². The minimum absolute atomic E-state index is 0.102. The Balaban J connectivity index is 1.72. The Hall–Kier alpha value is -1.43. The van der Waals surface area contributed by atoms with Crippen LogP contribution in [0.15, 0.2) is 0 Å². The van der Waals surface area contributed by atoms with Gasteiger partial charge in [0, 0.05) is 32.0 Å². The molecule has 0 bridgehead atoms. The highest BCUT2D eigenvalue weighted by Crippen LogP contribution is 2.28. The Kier molecular flexibility index (Phi) is 5.54. The standard InChI is InChI=1S/C18H31N5O/c1-3-13(2)16(19)18(24)22-10-7-8-14(12-22)17-21-20-15-9-5-4-6-11-23(15)17/h13-14,16H,3-12,19H2,1-2H3. The summed E-state index contributed by atoms with van der Waals surface area (Å²) in [7, 11) is 0. The first-order valence-corrected chi connectivity index (χ1v) is 9.58. The van der Waals surface area contributed by atoms with Crippen molar-refractivity contribution < 1.29 is 4.79 Å². The van der Waals surface area contributed by atoms with Gasteiger partial charge in [-0.05, 0) is 31.6 Å². The molecule has 6 nitrogen and oxygen atoms in total. The Morgan fingerprint density at radius 2 is 2.08 bits per heavy atom. The van der Waals surface area contributed by atoms with Crippen LogP contribution in [0.25, 0.3) is 0 Å². The van der Waals surface area contributed by atoms with E-state index in [1.54, 1.807) is 0 Å². The van der Waals surface area contributed by atoms with Crippen LogP contribution >= 0.6 is 0 Å². The summed E-state index contributed by atoms with van der Waals surface area (Å²) in [6.45, 7) is 6.72. The van der Waals surface area contributed by atoms with Crippen molar-refractivity contribution in [2.75, 3.05) is 13.1 Å². The second kappa shape index (κ2) is 7.64. The summed E-state index contributed by atoms with van der Waals surface area (Å²) in [6.07, 6.45) is 7.74. The molecule has 3 unspecified atom stereocenters. The lowest BCUT2D eigenvalue weighted by Gasteiger charge is -2.35. The summed E-state index contributed by atoms with van der Waals surface area (Å²) in [5.74, 6) is 2.84. The molecule has 0 aromatic carbocycles. The van der Waals surface area contributed by atoms with Crippen molar-refractivity contribution in [1.82, 2.24) is 19.7 Å². The van der Waals surface area contributed by atoms with E-state index in [1.807, 2.05) is 4.90 Å². The summed E-state index contributed by atoms with van der Waals surface area (Å²) in [5, 5.41) is 8.92. The predicted octanol–water partition coefficient (Wildman–Crippen LogP) is 2.08. The van der Waals surface area contributed by atoms with Gasteiger partial charge < -0.3 is 15.2 Å². The molecule has 2 aliphatic heterocycles. The van der Waals surface area contributed by atoms with Crippen molar-refractivity contribution in [2.24, 2.45) is 11.7 Å². The molecular formula is C18H31N5O. The van der Waals surface area contributed by atoms with Gasteiger partial charge in [0.15, 0.2) is 0 Å². The van der Waals surface area contributed by atoms with Crippen molar-refractivity contribution in [3.8, 4) is 0 Å². The molecular weight excluding hydrogens is 302 g/mol. The number of rotatable bonds is 4. The lowest BCUT2D eigenvalue weighted by atomic mass is 9.94. The van der Waals surface area contributed by atoms with Crippen LogP contribution in [0, 0.1) is 5.92 Å². The van der Waals surface area contributed by atoms with Gasteiger partial charge in [-0.3, -0.25) is 4.79 Å². The zero-order valence-corrected chi connectivity index (χ0v) is 15.1. The third-order valence-corrected chi connectivity index (χ3v) is 5.78. The van der Waals surface area contributed by atoms with E-state index in [-0.39, 0.29) is 17.9 Å². The average Bonchev–Trinajstić information content (AvgIpc) is 2.88. The van der Waals surface area contributed by atoms with Crippen LogP contribution in [0.1, 0.15) is 69.9 Å². The Morgan fingerprint density at radius 3 is 2.88 bits per heavy atom. The van der Waals surface area contributed by atoms with Gasteiger partial charge in [0.05, 0.1) is 6.04 Å². The molecule has 1 fully saturated rings. The fourth-order valence-electron chi connectivity index (χ4n) is 3.91. The summed E-state index contributed by atoms with van der Waals surface area (Å²) in [6, 6.07) is -0.385. The van der Waals surface area contributed by atoms with Gasteiger partial charge in [0.1, 0.15) is 11.6 Å². The average molecular weight is 333 g/mol. The number of fused-ring (bicyclic) bond motifs is 1. The fraction of sp³-hybridized carbons (Fsp3) is 0.833. The van der Waals surface area contributed by atoms with Gasteiger partial charge in [-0.1, -0.05) is 26.7 Å². The van der Waals surface area contributed by atoms with E-state index in [2.05, 4.69) is 28.6 Å². The van der Waals surface area contributed by atoms with E-state index >= 15 is 0 Å². The quantitative estimate of drug-likeness (QED) is 0.915. The Bertz CT molecular complexity index is 570. The van der Waals surface area contributed by atoms with E-state index in [0.29, 0.717) is 5.92 Å². The minimum atomic E-state index is -0.385. The molecule has 3 heterocycles. The maximum atomic E-state index is 12.7. The normalized spacial score (nSPS) is 24.1. The van der Waals surface area contributed by atoms with Crippen LogP contribution in [0.3, 0.4) is 0 Å². The minimum Gasteiger partial charge on any atom is -0.341 e. The molecule has 0 radical (unpaired) electrons. The van der Waals surface area contributed by atoms with Crippen molar-refractivity contribution in [3.63, 3.8) is 0 Å². The summed E-state index contributed by atoms with van der Waals surface area (Å²) in [4.78, 5) is 14.7. The van der Waals surface area contributed by atoms with Crippen LogP contribution in [0.2, 0.25) is 0 Å². The number of amides is 1. The maximum absolute atomic E-state index is 12.7. The SMILES string of the molecule is CCC(C)C(N)C(=O)N1CCCC(c2nnc3n2CCCCC3)C1. The molecule has 1 saturated heterocycles. The molecule has 2 N–H and O–H groups in total. The second-order valence-electron chi connectivity index (χ2n) is 7.47. The Morgan fingerprint density at radius 1 is 1.25 bits per heavy atom. The molecule has 2 aliphatic rings. The van der Waals surface area contributed by atoms with Crippen molar-refractivity contribution in [2.45, 2.75) is 77.3 Å². The monoisotopic (exact) mass is 333 g/mol. The molecule has 1 aromatic rings. The van der Waals surface area contributed by atoms with Gasteiger partial charge in [0.25, 0.3) is 0 Å². The third kappa shape index (κ3) is 3.48. The molecule has 6 heteroatoms. The first-order chi connectivity index (χ1) is 11.6. The number of nitrogens with zero attached hydrogens (tertiary/aromatic N) is 4. The number of hydrogen-bond donors (Lipinski definition) is 1. The number of nitrogens with two attached hydrogens (primary N) is 1.